The van der Waals surface area contributed by atoms with Gasteiger partial charge in [-0.25, -0.2) is 9.78 Å². The zero-order valence-corrected chi connectivity index (χ0v) is 20.9. The Hall–Kier alpha value is -2.85. The standard InChI is InChI=1S/C24H33N7O2S/c1-24(2,3)27-20-19(17-8-5-4-6-9-17)26-22-31(20)28-23(34-22)30-13-11-29(12-14-30)21(32)25-16-18-10-7-15-33-18/h4-6,8-9,18,27H,7,10-16H2,1-3H3,(H,25,32)/t18-/m0/s1. The molecule has 10 heteroatoms. The van der Waals surface area contributed by atoms with E-state index in [1.54, 1.807) is 11.3 Å². The van der Waals surface area contributed by atoms with Crippen molar-refractivity contribution in [3.63, 3.8) is 0 Å². The highest BCUT2D eigenvalue weighted by Gasteiger charge is 2.27. The van der Waals surface area contributed by atoms with Crippen LogP contribution in [0.3, 0.4) is 0 Å². The molecule has 0 bridgehead atoms. The van der Waals surface area contributed by atoms with Gasteiger partial charge < -0.3 is 25.2 Å². The second-order valence-corrected chi connectivity index (χ2v) is 10.9. The zero-order chi connectivity index (χ0) is 23.7. The van der Waals surface area contributed by atoms with E-state index in [0.717, 1.165) is 59.7 Å². The number of amides is 2. The second kappa shape index (κ2) is 9.42. The van der Waals surface area contributed by atoms with Gasteiger partial charge in [-0.05, 0) is 33.6 Å². The summed E-state index contributed by atoms with van der Waals surface area (Å²) in [4.78, 5) is 22.5. The molecule has 0 spiro atoms. The van der Waals surface area contributed by atoms with Crippen molar-refractivity contribution in [1.29, 1.82) is 0 Å². The van der Waals surface area contributed by atoms with Crippen LogP contribution < -0.4 is 15.5 Å². The molecule has 2 aliphatic rings. The molecule has 0 aliphatic carbocycles. The Balaban J connectivity index is 1.29. The molecule has 0 unspecified atom stereocenters. The number of carbonyl (C=O) groups is 1. The zero-order valence-electron chi connectivity index (χ0n) is 20.1. The van der Waals surface area contributed by atoms with Crippen molar-refractivity contribution in [2.75, 3.05) is 49.5 Å². The molecular formula is C24H33N7O2S. The molecule has 182 valence electrons. The molecule has 0 saturated carbocycles. The summed E-state index contributed by atoms with van der Waals surface area (Å²) in [7, 11) is 0. The highest BCUT2D eigenvalue weighted by Crippen LogP contribution is 2.34. The van der Waals surface area contributed by atoms with Crippen LogP contribution in [-0.2, 0) is 4.74 Å². The minimum absolute atomic E-state index is 0.00624. The number of hydrogen-bond donors (Lipinski definition) is 2. The third-order valence-electron chi connectivity index (χ3n) is 6.08. The van der Waals surface area contributed by atoms with E-state index < -0.39 is 0 Å². The topological polar surface area (TPSA) is 87.0 Å². The third-order valence-corrected chi connectivity index (χ3v) is 7.05. The summed E-state index contributed by atoms with van der Waals surface area (Å²) in [5.41, 5.74) is 1.84. The van der Waals surface area contributed by atoms with Gasteiger partial charge >= 0.3 is 6.03 Å². The molecule has 0 radical (unpaired) electrons. The molecular weight excluding hydrogens is 450 g/mol. The Labute approximate surface area is 204 Å². The number of piperazine rings is 1. The van der Waals surface area contributed by atoms with Gasteiger partial charge in [0.2, 0.25) is 10.1 Å². The molecule has 1 atom stereocenters. The number of carbonyl (C=O) groups excluding carboxylic acids is 1. The number of imidazole rings is 1. The lowest BCUT2D eigenvalue weighted by Gasteiger charge is -2.34. The molecule has 34 heavy (non-hydrogen) atoms. The van der Waals surface area contributed by atoms with E-state index in [1.807, 2.05) is 27.6 Å². The number of benzene rings is 1. The summed E-state index contributed by atoms with van der Waals surface area (Å²) in [6, 6.07) is 10.2. The average Bonchev–Trinajstić information content (AvgIpc) is 3.55. The van der Waals surface area contributed by atoms with E-state index in [1.165, 1.54) is 0 Å². The van der Waals surface area contributed by atoms with Crippen LogP contribution in [0.2, 0.25) is 0 Å². The first-order chi connectivity index (χ1) is 16.4. The van der Waals surface area contributed by atoms with Crippen molar-refractivity contribution < 1.29 is 9.53 Å². The number of nitrogens with zero attached hydrogens (tertiary/aromatic N) is 5. The van der Waals surface area contributed by atoms with Crippen LogP contribution in [0.25, 0.3) is 16.2 Å². The van der Waals surface area contributed by atoms with Gasteiger partial charge in [-0.15, -0.1) is 5.10 Å². The quantitative estimate of drug-likeness (QED) is 0.576. The Morgan fingerprint density at radius 3 is 2.62 bits per heavy atom. The Morgan fingerprint density at radius 1 is 1.18 bits per heavy atom. The Kier molecular flexibility index (Phi) is 6.35. The number of rotatable bonds is 5. The largest absolute Gasteiger partial charge is 0.376 e. The number of anilines is 2. The maximum absolute atomic E-state index is 12.6. The van der Waals surface area contributed by atoms with Crippen molar-refractivity contribution in [2.45, 2.75) is 45.3 Å². The summed E-state index contributed by atoms with van der Waals surface area (Å²) >= 11 is 1.59. The summed E-state index contributed by atoms with van der Waals surface area (Å²) in [6.45, 7) is 10.6. The molecule has 3 aromatic rings. The number of fused-ring (bicyclic) bond motifs is 1. The molecule has 2 fully saturated rings. The maximum Gasteiger partial charge on any atom is 0.317 e. The van der Waals surface area contributed by atoms with Crippen molar-refractivity contribution in [3.8, 4) is 11.3 Å². The van der Waals surface area contributed by atoms with E-state index >= 15 is 0 Å². The second-order valence-electron chi connectivity index (χ2n) is 9.92. The summed E-state index contributed by atoms with van der Waals surface area (Å²) in [5, 5.41) is 12.5. The van der Waals surface area contributed by atoms with E-state index in [9.17, 15) is 4.79 Å². The lowest BCUT2D eigenvalue weighted by atomic mass is 10.1. The van der Waals surface area contributed by atoms with E-state index in [4.69, 9.17) is 14.8 Å². The van der Waals surface area contributed by atoms with Gasteiger partial charge in [-0.3, -0.25) is 0 Å². The predicted molar refractivity (Wildman–Crippen MR) is 136 cm³/mol. The highest BCUT2D eigenvalue weighted by atomic mass is 32.1. The van der Waals surface area contributed by atoms with Crippen LogP contribution in [0.15, 0.2) is 30.3 Å². The molecule has 5 rings (SSSR count). The Bertz CT molecular complexity index is 1120. The molecule has 9 nitrogen and oxygen atoms in total. The number of ether oxygens (including phenoxy) is 1. The van der Waals surface area contributed by atoms with Crippen molar-refractivity contribution >= 4 is 33.3 Å². The fourth-order valence-corrected chi connectivity index (χ4v) is 5.30. The SMILES string of the molecule is CC(C)(C)Nc1c(-c2ccccc2)nc2sc(N3CCN(C(=O)NC[C@@H]4CCCO4)CC3)nn12. The number of hydrogen-bond acceptors (Lipinski definition) is 7. The van der Waals surface area contributed by atoms with Gasteiger partial charge in [0.1, 0.15) is 5.69 Å². The first-order valence-corrected chi connectivity index (χ1v) is 12.8. The molecule has 2 saturated heterocycles. The van der Waals surface area contributed by atoms with E-state index in [2.05, 4.69) is 48.4 Å². The van der Waals surface area contributed by atoms with Crippen molar-refractivity contribution in [1.82, 2.24) is 24.8 Å². The van der Waals surface area contributed by atoms with Crippen molar-refractivity contribution in [3.05, 3.63) is 30.3 Å². The molecule has 1 aromatic carbocycles. The summed E-state index contributed by atoms with van der Waals surface area (Å²) < 4.78 is 7.53. The number of aromatic nitrogens is 3. The van der Waals surface area contributed by atoms with Crippen LogP contribution in [-0.4, -0.2) is 76.5 Å². The minimum Gasteiger partial charge on any atom is -0.376 e. The third kappa shape index (κ3) is 4.97. The molecule has 2 amide bonds. The minimum atomic E-state index is -0.133. The van der Waals surface area contributed by atoms with Crippen LogP contribution in [0.1, 0.15) is 33.6 Å². The van der Waals surface area contributed by atoms with Gasteiger partial charge in [0.25, 0.3) is 0 Å². The predicted octanol–water partition coefficient (Wildman–Crippen LogP) is 3.68. The lowest BCUT2D eigenvalue weighted by Crippen LogP contribution is -2.52. The summed E-state index contributed by atoms with van der Waals surface area (Å²) in [5.74, 6) is 0.906. The van der Waals surface area contributed by atoms with Crippen LogP contribution in [0, 0.1) is 0 Å². The molecule has 4 heterocycles. The normalized spacial score (nSPS) is 19.1. The van der Waals surface area contributed by atoms with Gasteiger partial charge in [-0.1, -0.05) is 41.7 Å². The van der Waals surface area contributed by atoms with Crippen LogP contribution in [0.5, 0.6) is 0 Å². The molecule has 2 aliphatic heterocycles. The van der Waals surface area contributed by atoms with E-state index in [-0.39, 0.29) is 17.7 Å². The lowest BCUT2D eigenvalue weighted by molar-refractivity contribution is 0.108. The highest BCUT2D eigenvalue weighted by molar-refractivity contribution is 7.20. The number of nitrogens with one attached hydrogen (secondary N) is 2. The smallest absolute Gasteiger partial charge is 0.317 e. The van der Waals surface area contributed by atoms with E-state index in [0.29, 0.717) is 19.6 Å². The monoisotopic (exact) mass is 483 g/mol. The van der Waals surface area contributed by atoms with Gasteiger partial charge in [0.05, 0.1) is 6.10 Å². The van der Waals surface area contributed by atoms with Crippen molar-refractivity contribution in [2.24, 2.45) is 0 Å². The molecule has 2 aromatic heterocycles. The van der Waals surface area contributed by atoms with Gasteiger partial charge in [-0.2, -0.15) is 4.52 Å². The first kappa shape index (κ1) is 22.9. The summed E-state index contributed by atoms with van der Waals surface area (Å²) in [6.07, 6.45) is 2.27. The average molecular weight is 484 g/mol. The first-order valence-electron chi connectivity index (χ1n) is 12.0. The van der Waals surface area contributed by atoms with Crippen LogP contribution >= 0.6 is 11.3 Å². The fourth-order valence-electron chi connectivity index (χ4n) is 4.35. The maximum atomic E-state index is 12.6. The van der Waals surface area contributed by atoms with Crippen LogP contribution in [0.4, 0.5) is 15.7 Å². The molecule has 2 N–H and O–H groups in total. The Morgan fingerprint density at radius 2 is 1.94 bits per heavy atom. The van der Waals surface area contributed by atoms with Gasteiger partial charge in [0.15, 0.2) is 5.82 Å². The fraction of sp³-hybridized carbons (Fsp3) is 0.542. The van der Waals surface area contributed by atoms with Gasteiger partial charge in [0, 0.05) is 50.4 Å². The number of urea groups is 1.